The molecule has 0 radical (unpaired) electrons. The Labute approximate surface area is 110 Å². The number of hydrogen-bond acceptors (Lipinski definition) is 4. The Morgan fingerprint density at radius 1 is 1.32 bits per heavy atom. The highest BCUT2D eigenvalue weighted by Gasteiger charge is 2.13. The molecule has 5 heteroatoms. The summed E-state index contributed by atoms with van der Waals surface area (Å²) in [5.41, 5.74) is 0.934. The van der Waals surface area contributed by atoms with Crippen molar-refractivity contribution in [2.45, 2.75) is 19.4 Å². The van der Waals surface area contributed by atoms with Gasteiger partial charge in [0.1, 0.15) is 17.7 Å². The Balaban J connectivity index is 2.18. The molecule has 2 aromatic rings. The van der Waals surface area contributed by atoms with Crippen LogP contribution in [0.25, 0.3) is 0 Å². The van der Waals surface area contributed by atoms with Crippen LogP contribution in [0.5, 0.6) is 5.75 Å². The number of rotatable bonds is 5. The Morgan fingerprint density at radius 3 is 2.84 bits per heavy atom. The van der Waals surface area contributed by atoms with Crippen molar-refractivity contribution in [3.63, 3.8) is 0 Å². The smallest absolute Gasteiger partial charge is 0.141 e. The first-order valence-corrected chi connectivity index (χ1v) is 6.08. The molecule has 1 unspecified atom stereocenters. The molecule has 1 N–H and O–H groups in total. The van der Waals surface area contributed by atoms with E-state index in [1.54, 1.807) is 12.3 Å². The summed E-state index contributed by atoms with van der Waals surface area (Å²) in [6, 6.07) is 4.41. The molecule has 0 fully saturated rings. The standard InChI is InChI=1S/C14H15FN2O2/c1-2-5-19-12-6-10(7-16-9-12)14(18)13-4-3-11(15)8-17-13/h3-4,6-9,14,18H,2,5H2,1H3. The third kappa shape index (κ3) is 3.48. The van der Waals surface area contributed by atoms with Crippen molar-refractivity contribution in [1.29, 1.82) is 0 Å². The van der Waals surface area contributed by atoms with E-state index in [0.29, 0.717) is 23.6 Å². The van der Waals surface area contributed by atoms with E-state index in [2.05, 4.69) is 9.97 Å². The van der Waals surface area contributed by atoms with Gasteiger partial charge in [-0.1, -0.05) is 6.92 Å². The van der Waals surface area contributed by atoms with E-state index in [4.69, 9.17) is 4.74 Å². The van der Waals surface area contributed by atoms with Crippen LogP contribution in [0.2, 0.25) is 0 Å². The molecule has 19 heavy (non-hydrogen) atoms. The molecule has 4 nitrogen and oxygen atoms in total. The second-order valence-electron chi connectivity index (χ2n) is 4.11. The van der Waals surface area contributed by atoms with Crippen molar-refractivity contribution in [3.05, 3.63) is 53.9 Å². The second kappa shape index (κ2) is 6.24. The molecular weight excluding hydrogens is 247 g/mol. The van der Waals surface area contributed by atoms with Gasteiger partial charge >= 0.3 is 0 Å². The molecule has 0 aliphatic heterocycles. The summed E-state index contributed by atoms with van der Waals surface area (Å²) < 4.78 is 18.2. The highest BCUT2D eigenvalue weighted by molar-refractivity contribution is 5.29. The number of nitrogens with zero attached hydrogens (tertiary/aromatic N) is 2. The molecule has 2 heterocycles. The molecule has 2 aromatic heterocycles. The maximum Gasteiger partial charge on any atom is 0.141 e. The lowest BCUT2D eigenvalue weighted by atomic mass is 10.1. The topological polar surface area (TPSA) is 55.2 Å². The van der Waals surface area contributed by atoms with Crippen molar-refractivity contribution in [2.75, 3.05) is 6.61 Å². The van der Waals surface area contributed by atoms with Crippen LogP contribution < -0.4 is 4.74 Å². The van der Waals surface area contributed by atoms with Gasteiger partial charge in [-0.25, -0.2) is 4.39 Å². The van der Waals surface area contributed by atoms with Crippen LogP contribution >= 0.6 is 0 Å². The van der Waals surface area contributed by atoms with Crippen LogP contribution in [0.3, 0.4) is 0 Å². The minimum absolute atomic E-state index is 0.371. The summed E-state index contributed by atoms with van der Waals surface area (Å²) in [4.78, 5) is 7.87. The van der Waals surface area contributed by atoms with E-state index in [9.17, 15) is 9.50 Å². The van der Waals surface area contributed by atoms with Gasteiger partial charge in [-0.3, -0.25) is 9.97 Å². The molecule has 0 saturated carbocycles. The molecule has 0 spiro atoms. The monoisotopic (exact) mass is 262 g/mol. The van der Waals surface area contributed by atoms with Crippen molar-refractivity contribution in [2.24, 2.45) is 0 Å². The quantitative estimate of drug-likeness (QED) is 0.899. The molecular formula is C14H15FN2O2. The minimum Gasteiger partial charge on any atom is -0.492 e. The van der Waals surface area contributed by atoms with Crippen molar-refractivity contribution >= 4 is 0 Å². The van der Waals surface area contributed by atoms with Crippen LogP contribution in [-0.4, -0.2) is 21.7 Å². The zero-order valence-corrected chi connectivity index (χ0v) is 10.6. The van der Waals surface area contributed by atoms with Crippen LogP contribution in [-0.2, 0) is 0 Å². The summed E-state index contributed by atoms with van der Waals surface area (Å²) in [6.07, 6.45) is 4.15. The largest absolute Gasteiger partial charge is 0.492 e. The summed E-state index contributed by atoms with van der Waals surface area (Å²) in [7, 11) is 0. The molecule has 0 bridgehead atoms. The summed E-state index contributed by atoms with van der Waals surface area (Å²) in [6.45, 7) is 2.60. The third-order valence-corrected chi connectivity index (χ3v) is 2.55. The maximum absolute atomic E-state index is 12.8. The van der Waals surface area contributed by atoms with Crippen LogP contribution in [0.4, 0.5) is 4.39 Å². The number of aromatic nitrogens is 2. The molecule has 2 rings (SSSR count). The van der Waals surface area contributed by atoms with Crippen LogP contribution in [0, 0.1) is 5.82 Å². The van der Waals surface area contributed by atoms with Crippen LogP contribution in [0.15, 0.2) is 36.8 Å². The molecule has 100 valence electrons. The maximum atomic E-state index is 12.8. The second-order valence-corrected chi connectivity index (χ2v) is 4.11. The highest BCUT2D eigenvalue weighted by Crippen LogP contribution is 2.22. The van der Waals surface area contributed by atoms with Crippen molar-refractivity contribution in [1.82, 2.24) is 9.97 Å². The van der Waals surface area contributed by atoms with E-state index < -0.39 is 11.9 Å². The lowest BCUT2D eigenvalue weighted by Crippen LogP contribution is -2.04. The highest BCUT2D eigenvalue weighted by atomic mass is 19.1. The van der Waals surface area contributed by atoms with Crippen molar-refractivity contribution in [3.8, 4) is 5.75 Å². The number of halogens is 1. The first-order valence-electron chi connectivity index (χ1n) is 6.08. The van der Waals surface area contributed by atoms with Gasteiger partial charge in [-0.15, -0.1) is 0 Å². The van der Waals surface area contributed by atoms with Gasteiger partial charge in [0.2, 0.25) is 0 Å². The first-order chi connectivity index (χ1) is 9.20. The number of hydrogen-bond donors (Lipinski definition) is 1. The average Bonchev–Trinajstić information content (AvgIpc) is 2.45. The lowest BCUT2D eigenvalue weighted by molar-refractivity contribution is 0.213. The number of aliphatic hydroxyl groups is 1. The fraction of sp³-hybridized carbons (Fsp3) is 0.286. The molecule has 0 amide bonds. The Kier molecular flexibility index (Phi) is 4.41. The van der Waals surface area contributed by atoms with Gasteiger partial charge in [-0.05, 0) is 24.6 Å². The van der Waals surface area contributed by atoms with Gasteiger partial charge in [0, 0.05) is 11.8 Å². The zero-order valence-electron chi connectivity index (χ0n) is 10.6. The van der Waals surface area contributed by atoms with Gasteiger partial charge < -0.3 is 9.84 Å². The summed E-state index contributed by atoms with van der Waals surface area (Å²) >= 11 is 0. The molecule has 0 aliphatic rings. The van der Waals surface area contributed by atoms with E-state index in [-0.39, 0.29) is 0 Å². The normalized spacial score (nSPS) is 12.2. The van der Waals surface area contributed by atoms with Gasteiger partial charge in [-0.2, -0.15) is 0 Å². The Hall–Kier alpha value is -2.01. The molecule has 0 saturated heterocycles. The lowest BCUT2D eigenvalue weighted by Gasteiger charge is -2.11. The van der Waals surface area contributed by atoms with E-state index in [1.807, 2.05) is 6.92 Å². The van der Waals surface area contributed by atoms with Gasteiger partial charge in [0.05, 0.1) is 24.7 Å². The Morgan fingerprint density at radius 2 is 2.16 bits per heavy atom. The van der Waals surface area contributed by atoms with Crippen LogP contribution in [0.1, 0.15) is 30.7 Å². The van der Waals surface area contributed by atoms with Gasteiger partial charge in [0.15, 0.2) is 0 Å². The molecule has 0 aliphatic carbocycles. The molecule has 1 atom stereocenters. The first kappa shape index (κ1) is 13.4. The average molecular weight is 262 g/mol. The van der Waals surface area contributed by atoms with Gasteiger partial charge in [0.25, 0.3) is 0 Å². The van der Waals surface area contributed by atoms with E-state index in [0.717, 1.165) is 12.6 Å². The predicted octanol–water partition coefficient (Wildman–Crippen LogP) is 2.49. The van der Waals surface area contributed by atoms with E-state index in [1.165, 1.54) is 18.3 Å². The zero-order chi connectivity index (χ0) is 13.7. The van der Waals surface area contributed by atoms with E-state index >= 15 is 0 Å². The number of pyridine rings is 2. The molecule has 0 aromatic carbocycles. The number of aliphatic hydroxyl groups excluding tert-OH is 1. The van der Waals surface area contributed by atoms with Crippen molar-refractivity contribution < 1.29 is 14.2 Å². The predicted molar refractivity (Wildman–Crippen MR) is 68.3 cm³/mol. The Bertz CT molecular complexity index is 531. The SMILES string of the molecule is CCCOc1cncc(C(O)c2ccc(F)cn2)c1. The fourth-order valence-electron chi connectivity index (χ4n) is 1.60. The minimum atomic E-state index is -0.946. The summed E-state index contributed by atoms with van der Waals surface area (Å²) in [5.74, 6) is 0.162. The summed E-state index contributed by atoms with van der Waals surface area (Å²) in [5, 5.41) is 10.2. The number of ether oxygens (including phenoxy) is 1. The fourth-order valence-corrected chi connectivity index (χ4v) is 1.60. The third-order valence-electron chi connectivity index (χ3n) is 2.55.